The molecule has 3 rings (SSSR count). The minimum Gasteiger partial charge on any atom is -0.462 e. The van der Waals surface area contributed by atoms with E-state index in [0.717, 1.165) is 5.56 Å². The normalized spacial score (nSPS) is 10.9. The second kappa shape index (κ2) is 8.31. The molecule has 0 fully saturated rings. The van der Waals surface area contributed by atoms with E-state index >= 15 is 0 Å². The predicted octanol–water partition coefficient (Wildman–Crippen LogP) is 4.22. The lowest BCUT2D eigenvalue weighted by Gasteiger charge is -2.09. The molecule has 0 saturated carbocycles. The molecule has 0 aliphatic carbocycles. The van der Waals surface area contributed by atoms with E-state index in [-0.39, 0.29) is 24.1 Å². The molecule has 6 nitrogen and oxygen atoms in total. The minimum absolute atomic E-state index is 0.201. The summed E-state index contributed by atoms with van der Waals surface area (Å²) in [6.45, 7) is 7.37. The Kier molecular flexibility index (Phi) is 5.82. The summed E-state index contributed by atoms with van der Waals surface area (Å²) in [5, 5.41) is 0. The Morgan fingerprint density at radius 1 is 0.966 bits per heavy atom. The van der Waals surface area contributed by atoms with Crippen LogP contribution in [0, 0.1) is 6.92 Å². The fourth-order valence-electron chi connectivity index (χ4n) is 3.01. The summed E-state index contributed by atoms with van der Waals surface area (Å²) in [5.41, 5.74) is 2.80. The van der Waals surface area contributed by atoms with Crippen LogP contribution in [0.4, 0.5) is 0 Å². The first kappa shape index (κ1) is 20.3. The van der Waals surface area contributed by atoms with Crippen LogP contribution in [0.3, 0.4) is 0 Å². The van der Waals surface area contributed by atoms with E-state index in [1.807, 2.05) is 19.1 Å². The second-order valence-corrected chi connectivity index (χ2v) is 6.98. The number of nitrogens with zero attached hydrogens (tertiary/aromatic N) is 1. The standard InChI is InChI=1S/C23H23NO5/c1-5-28-23(27)18-13-20(21(25)16-8-6-15(4)7-9-16)24-11-10-17(12-19(18)24)22(26)29-14(2)3/h6-14H,5H2,1-4H3. The van der Waals surface area contributed by atoms with Crippen LogP contribution in [-0.4, -0.2) is 34.8 Å². The Balaban J connectivity index is 2.13. The number of carbonyl (C=O) groups is 3. The molecule has 150 valence electrons. The lowest BCUT2D eigenvalue weighted by molar-refractivity contribution is 0.0377. The number of ether oxygens (including phenoxy) is 2. The van der Waals surface area contributed by atoms with E-state index in [2.05, 4.69) is 0 Å². The van der Waals surface area contributed by atoms with Gasteiger partial charge in [0, 0.05) is 11.8 Å². The second-order valence-electron chi connectivity index (χ2n) is 6.98. The summed E-state index contributed by atoms with van der Waals surface area (Å²) in [4.78, 5) is 37.8. The van der Waals surface area contributed by atoms with Crippen molar-refractivity contribution in [2.45, 2.75) is 33.8 Å². The van der Waals surface area contributed by atoms with Crippen LogP contribution in [0.5, 0.6) is 0 Å². The molecule has 0 aliphatic heterocycles. The molecule has 1 aromatic carbocycles. The maximum atomic E-state index is 13.1. The third kappa shape index (κ3) is 4.21. The zero-order valence-electron chi connectivity index (χ0n) is 16.9. The number of hydrogen-bond donors (Lipinski definition) is 0. The number of aromatic nitrogens is 1. The smallest absolute Gasteiger partial charge is 0.340 e. The average Bonchev–Trinajstić information content (AvgIpc) is 3.06. The third-order valence-electron chi connectivity index (χ3n) is 4.39. The van der Waals surface area contributed by atoms with Crippen molar-refractivity contribution in [2.24, 2.45) is 0 Å². The van der Waals surface area contributed by atoms with Gasteiger partial charge in [0.25, 0.3) is 0 Å². The van der Waals surface area contributed by atoms with Gasteiger partial charge in [0.1, 0.15) is 0 Å². The van der Waals surface area contributed by atoms with Gasteiger partial charge in [0.15, 0.2) is 0 Å². The highest BCUT2D eigenvalue weighted by Gasteiger charge is 2.23. The van der Waals surface area contributed by atoms with Gasteiger partial charge >= 0.3 is 11.9 Å². The summed E-state index contributed by atoms with van der Waals surface area (Å²) in [6.07, 6.45) is 1.32. The first-order valence-corrected chi connectivity index (χ1v) is 9.46. The highest BCUT2D eigenvalue weighted by atomic mass is 16.5. The van der Waals surface area contributed by atoms with Crippen LogP contribution in [0.25, 0.3) is 5.52 Å². The minimum atomic E-state index is -0.553. The van der Waals surface area contributed by atoms with Crippen LogP contribution in [0.15, 0.2) is 48.7 Å². The van der Waals surface area contributed by atoms with Crippen LogP contribution >= 0.6 is 0 Å². The zero-order valence-corrected chi connectivity index (χ0v) is 16.9. The van der Waals surface area contributed by atoms with Gasteiger partial charge < -0.3 is 13.9 Å². The summed E-state index contributed by atoms with van der Waals surface area (Å²) >= 11 is 0. The molecular formula is C23H23NO5. The summed E-state index contributed by atoms with van der Waals surface area (Å²) in [6, 6.07) is 11.8. The largest absolute Gasteiger partial charge is 0.462 e. The van der Waals surface area contributed by atoms with Crippen molar-refractivity contribution >= 4 is 23.2 Å². The maximum Gasteiger partial charge on any atom is 0.340 e. The number of esters is 2. The number of rotatable bonds is 6. The lowest BCUT2D eigenvalue weighted by Crippen LogP contribution is -2.12. The van der Waals surface area contributed by atoms with E-state index < -0.39 is 11.9 Å². The number of benzene rings is 1. The molecule has 6 heteroatoms. The molecule has 0 aliphatic rings. The van der Waals surface area contributed by atoms with Crippen molar-refractivity contribution < 1.29 is 23.9 Å². The molecule has 0 unspecified atom stereocenters. The van der Waals surface area contributed by atoms with Crippen LogP contribution in [-0.2, 0) is 9.47 Å². The summed E-state index contributed by atoms with van der Waals surface area (Å²) in [5.74, 6) is -1.28. The van der Waals surface area contributed by atoms with E-state index in [0.29, 0.717) is 22.3 Å². The number of aryl methyl sites for hydroxylation is 1. The fraction of sp³-hybridized carbons (Fsp3) is 0.261. The Morgan fingerprint density at radius 3 is 2.28 bits per heavy atom. The third-order valence-corrected chi connectivity index (χ3v) is 4.39. The number of carbonyl (C=O) groups excluding carboxylic acids is 3. The molecule has 2 heterocycles. The Labute approximate surface area is 169 Å². The topological polar surface area (TPSA) is 74.1 Å². The van der Waals surface area contributed by atoms with Crippen LogP contribution < -0.4 is 0 Å². The lowest BCUT2D eigenvalue weighted by atomic mass is 10.1. The van der Waals surface area contributed by atoms with Crippen LogP contribution in [0.2, 0.25) is 0 Å². The van der Waals surface area contributed by atoms with Crippen molar-refractivity contribution in [3.63, 3.8) is 0 Å². The molecule has 29 heavy (non-hydrogen) atoms. The Morgan fingerprint density at radius 2 is 1.66 bits per heavy atom. The first-order valence-electron chi connectivity index (χ1n) is 9.46. The van der Waals surface area contributed by atoms with Crippen molar-refractivity contribution in [2.75, 3.05) is 6.61 Å². The number of ketones is 1. The SMILES string of the molecule is CCOC(=O)c1cc(C(=O)c2ccc(C)cc2)n2ccc(C(=O)OC(C)C)cc12. The number of pyridine rings is 1. The van der Waals surface area contributed by atoms with E-state index in [4.69, 9.17) is 9.47 Å². The molecular weight excluding hydrogens is 370 g/mol. The van der Waals surface area contributed by atoms with Gasteiger partial charge in [0.05, 0.1) is 35.0 Å². The van der Waals surface area contributed by atoms with Crippen LogP contribution in [0.1, 0.15) is 63.1 Å². The number of fused-ring (bicyclic) bond motifs is 1. The fourth-order valence-corrected chi connectivity index (χ4v) is 3.01. The molecule has 3 aromatic rings. The molecule has 0 N–H and O–H groups in total. The number of hydrogen-bond acceptors (Lipinski definition) is 5. The molecule has 0 bridgehead atoms. The molecule has 2 aromatic heterocycles. The van der Waals surface area contributed by atoms with Crippen molar-refractivity contribution in [3.8, 4) is 0 Å². The van der Waals surface area contributed by atoms with Gasteiger partial charge in [-0.15, -0.1) is 0 Å². The molecule has 0 atom stereocenters. The molecule has 0 amide bonds. The predicted molar refractivity (Wildman–Crippen MR) is 109 cm³/mol. The quantitative estimate of drug-likeness (QED) is 0.463. The average molecular weight is 393 g/mol. The maximum absolute atomic E-state index is 13.1. The van der Waals surface area contributed by atoms with Crippen molar-refractivity contribution in [1.82, 2.24) is 4.40 Å². The Hall–Kier alpha value is -3.41. The van der Waals surface area contributed by atoms with E-state index in [1.54, 1.807) is 55.6 Å². The van der Waals surface area contributed by atoms with E-state index in [1.165, 1.54) is 6.07 Å². The van der Waals surface area contributed by atoms with Crippen molar-refractivity contribution in [3.05, 3.63) is 76.6 Å². The zero-order chi connectivity index (χ0) is 21.1. The molecule has 0 saturated heterocycles. The monoisotopic (exact) mass is 393 g/mol. The summed E-state index contributed by atoms with van der Waals surface area (Å²) in [7, 11) is 0. The highest BCUT2D eigenvalue weighted by Crippen LogP contribution is 2.23. The van der Waals surface area contributed by atoms with E-state index in [9.17, 15) is 14.4 Å². The van der Waals surface area contributed by atoms with Gasteiger partial charge in [-0.2, -0.15) is 0 Å². The van der Waals surface area contributed by atoms with Gasteiger partial charge in [0.2, 0.25) is 5.78 Å². The first-order chi connectivity index (χ1) is 13.8. The van der Waals surface area contributed by atoms with Gasteiger partial charge in [-0.25, -0.2) is 9.59 Å². The Bertz CT molecular complexity index is 1080. The van der Waals surface area contributed by atoms with Gasteiger partial charge in [-0.3, -0.25) is 4.79 Å². The highest BCUT2D eigenvalue weighted by molar-refractivity contribution is 6.11. The van der Waals surface area contributed by atoms with Gasteiger partial charge in [-0.05, 0) is 45.9 Å². The molecule has 0 radical (unpaired) electrons. The van der Waals surface area contributed by atoms with Crippen molar-refractivity contribution in [1.29, 1.82) is 0 Å². The summed E-state index contributed by atoms with van der Waals surface area (Å²) < 4.78 is 12.0. The van der Waals surface area contributed by atoms with Gasteiger partial charge in [-0.1, -0.05) is 29.8 Å². The molecule has 0 spiro atoms.